The number of esters is 1. The second-order valence-electron chi connectivity index (χ2n) is 9.43. The van der Waals surface area contributed by atoms with Gasteiger partial charge in [-0.15, -0.1) is 0 Å². The molecule has 37 heavy (non-hydrogen) atoms. The van der Waals surface area contributed by atoms with Crippen molar-refractivity contribution in [3.05, 3.63) is 83.0 Å². The van der Waals surface area contributed by atoms with E-state index in [4.69, 9.17) is 4.74 Å². The molecule has 3 aromatic rings. The first-order valence-corrected chi connectivity index (χ1v) is 12.9. The van der Waals surface area contributed by atoms with Crippen LogP contribution in [-0.4, -0.2) is 53.1 Å². The molecule has 1 saturated heterocycles. The number of carbonyl (C=O) groups is 4. The molecule has 192 valence electrons. The van der Waals surface area contributed by atoms with Crippen molar-refractivity contribution < 1.29 is 23.9 Å². The molecule has 0 bridgehead atoms. The summed E-state index contributed by atoms with van der Waals surface area (Å²) in [5, 5.41) is 0.724. The predicted octanol–water partition coefficient (Wildman–Crippen LogP) is 4.61. The highest BCUT2D eigenvalue weighted by Gasteiger charge is 2.31. The summed E-state index contributed by atoms with van der Waals surface area (Å²) in [6, 6.07) is 15.1. The van der Waals surface area contributed by atoms with E-state index in [1.54, 1.807) is 15.7 Å². The minimum absolute atomic E-state index is 0.00359. The number of ketones is 2. The maximum atomic E-state index is 13.5. The highest BCUT2D eigenvalue weighted by molar-refractivity contribution is 9.10. The number of Topliss-reactive ketones (excluding diaryl/α,β-unsaturated/α-hetero) is 2. The SMILES string of the molecule is C=CC(=O)N1CC(CC(=O)Cn2cc(C(=O)CC(Cc3ccccc3)C(=O)OC)c3cc(Br)ccc32)C1. The zero-order valence-electron chi connectivity index (χ0n) is 20.7. The first kappa shape index (κ1) is 26.5. The number of likely N-dealkylation sites (tertiary alicyclic amines) is 1. The number of fused-ring (bicyclic) bond motifs is 1. The van der Waals surface area contributed by atoms with Gasteiger partial charge >= 0.3 is 5.97 Å². The molecule has 1 atom stereocenters. The Balaban J connectivity index is 1.51. The molecule has 1 aliphatic heterocycles. The molecule has 1 amide bonds. The number of hydrogen-bond acceptors (Lipinski definition) is 5. The lowest BCUT2D eigenvalue weighted by Gasteiger charge is -2.38. The van der Waals surface area contributed by atoms with Gasteiger partial charge in [-0.05, 0) is 36.3 Å². The Bertz CT molecular complexity index is 1340. The van der Waals surface area contributed by atoms with Crippen LogP contribution in [0.25, 0.3) is 10.9 Å². The van der Waals surface area contributed by atoms with Gasteiger partial charge in [-0.2, -0.15) is 0 Å². The van der Waals surface area contributed by atoms with Gasteiger partial charge in [0.05, 0.1) is 19.6 Å². The van der Waals surface area contributed by atoms with Gasteiger partial charge in [0.15, 0.2) is 11.6 Å². The Kier molecular flexibility index (Phi) is 8.38. The van der Waals surface area contributed by atoms with E-state index < -0.39 is 11.9 Å². The Morgan fingerprint density at radius 1 is 1.14 bits per heavy atom. The highest BCUT2D eigenvalue weighted by atomic mass is 79.9. The van der Waals surface area contributed by atoms with E-state index in [0.717, 1.165) is 20.9 Å². The van der Waals surface area contributed by atoms with Gasteiger partial charge in [0.2, 0.25) is 5.91 Å². The number of halogens is 1. The Morgan fingerprint density at radius 2 is 1.86 bits per heavy atom. The average molecular weight is 565 g/mol. The zero-order chi connectivity index (χ0) is 26.5. The van der Waals surface area contributed by atoms with Crippen LogP contribution >= 0.6 is 15.9 Å². The van der Waals surface area contributed by atoms with Gasteiger partial charge in [-0.3, -0.25) is 19.2 Å². The van der Waals surface area contributed by atoms with Crippen molar-refractivity contribution in [2.75, 3.05) is 20.2 Å². The van der Waals surface area contributed by atoms with Crippen molar-refractivity contribution in [3.8, 4) is 0 Å². The fourth-order valence-electron chi connectivity index (χ4n) is 4.84. The van der Waals surface area contributed by atoms with Crippen LogP contribution in [0.4, 0.5) is 0 Å². The molecule has 4 rings (SSSR count). The number of hydrogen-bond donors (Lipinski definition) is 0. The summed E-state index contributed by atoms with van der Waals surface area (Å²) >= 11 is 3.48. The van der Waals surface area contributed by atoms with E-state index in [0.29, 0.717) is 31.5 Å². The van der Waals surface area contributed by atoms with Crippen molar-refractivity contribution in [1.82, 2.24) is 9.47 Å². The summed E-state index contributed by atoms with van der Waals surface area (Å²) in [5.41, 5.74) is 2.19. The van der Waals surface area contributed by atoms with Crippen LogP contribution in [0, 0.1) is 11.8 Å². The predicted molar refractivity (Wildman–Crippen MR) is 144 cm³/mol. The van der Waals surface area contributed by atoms with E-state index in [1.165, 1.54) is 13.2 Å². The maximum absolute atomic E-state index is 13.5. The van der Waals surface area contributed by atoms with Gasteiger partial charge in [0, 0.05) is 59.0 Å². The Morgan fingerprint density at radius 3 is 2.54 bits per heavy atom. The third-order valence-corrected chi connectivity index (χ3v) is 7.23. The monoisotopic (exact) mass is 564 g/mol. The standard InChI is InChI=1S/C29H29BrN2O5/c1-3-28(35)32-15-20(16-32)12-23(33)17-31-18-25(24-14-22(30)9-10-26(24)31)27(34)13-21(29(36)37-2)11-19-7-5-4-6-8-19/h3-10,14,18,20-21H,1,11-13,15-17H2,2H3. The van der Waals surface area contributed by atoms with Crippen LogP contribution in [0.1, 0.15) is 28.8 Å². The molecule has 0 N–H and O–H groups in total. The largest absolute Gasteiger partial charge is 0.469 e. The van der Waals surface area contributed by atoms with E-state index in [2.05, 4.69) is 22.5 Å². The second kappa shape index (κ2) is 11.7. The highest BCUT2D eigenvalue weighted by Crippen LogP contribution is 2.29. The first-order valence-electron chi connectivity index (χ1n) is 12.2. The number of methoxy groups -OCH3 is 1. The van der Waals surface area contributed by atoms with Gasteiger partial charge in [-0.25, -0.2) is 0 Å². The third kappa shape index (κ3) is 6.25. The van der Waals surface area contributed by atoms with Crippen LogP contribution in [0.2, 0.25) is 0 Å². The van der Waals surface area contributed by atoms with Crippen LogP contribution < -0.4 is 0 Å². The summed E-state index contributed by atoms with van der Waals surface area (Å²) in [7, 11) is 1.33. The maximum Gasteiger partial charge on any atom is 0.309 e. The van der Waals surface area contributed by atoms with Crippen molar-refractivity contribution in [3.63, 3.8) is 0 Å². The quantitative estimate of drug-likeness (QED) is 0.193. The Hall–Kier alpha value is -3.52. The van der Waals surface area contributed by atoms with E-state index in [9.17, 15) is 19.2 Å². The van der Waals surface area contributed by atoms with Gasteiger partial charge < -0.3 is 14.2 Å². The fourth-order valence-corrected chi connectivity index (χ4v) is 5.21. The molecule has 8 heteroatoms. The fraction of sp³-hybridized carbons (Fsp3) is 0.310. The molecule has 0 radical (unpaired) electrons. The average Bonchev–Trinajstić information content (AvgIpc) is 3.22. The third-order valence-electron chi connectivity index (χ3n) is 6.74. The summed E-state index contributed by atoms with van der Waals surface area (Å²) in [4.78, 5) is 52.2. The normalized spacial score (nSPS) is 14.2. The lowest BCUT2D eigenvalue weighted by atomic mass is 9.92. The minimum atomic E-state index is -0.619. The molecule has 0 saturated carbocycles. The van der Waals surface area contributed by atoms with Crippen LogP contribution in [0.15, 0.2) is 71.9 Å². The number of rotatable bonds is 11. The number of amides is 1. The minimum Gasteiger partial charge on any atom is -0.469 e. The smallest absolute Gasteiger partial charge is 0.309 e. The topological polar surface area (TPSA) is 85.7 Å². The second-order valence-corrected chi connectivity index (χ2v) is 10.3. The molecule has 2 aromatic carbocycles. The van der Waals surface area contributed by atoms with Gasteiger partial charge in [0.25, 0.3) is 0 Å². The summed E-state index contributed by atoms with van der Waals surface area (Å²) in [6.45, 7) is 4.72. The molecular formula is C29H29BrN2O5. The molecule has 0 aliphatic carbocycles. The number of ether oxygens (including phenoxy) is 1. The van der Waals surface area contributed by atoms with E-state index >= 15 is 0 Å². The molecule has 0 spiro atoms. The van der Waals surface area contributed by atoms with Crippen molar-refractivity contribution in [1.29, 1.82) is 0 Å². The summed E-state index contributed by atoms with van der Waals surface area (Å²) in [6.07, 6.45) is 3.75. The Labute approximate surface area is 224 Å². The van der Waals surface area contributed by atoms with Crippen LogP contribution in [0.5, 0.6) is 0 Å². The lowest BCUT2D eigenvalue weighted by Crippen LogP contribution is -2.50. The molecule has 2 heterocycles. The number of benzene rings is 2. The molecule has 1 fully saturated rings. The number of nitrogens with zero attached hydrogens (tertiary/aromatic N) is 2. The number of aromatic nitrogens is 1. The van der Waals surface area contributed by atoms with Gasteiger partial charge in [0.1, 0.15) is 0 Å². The molecule has 1 aliphatic rings. The zero-order valence-corrected chi connectivity index (χ0v) is 22.3. The summed E-state index contributed by atoms with van der Waals surface area (Å²) < 4.78 is 7.60. The van der Waals surface area contributed by atoms with Crippen molar-refractivity contribution in [2.24, 2.45) is 11.8 Å². The molecule has 1 aromatic heterocycles. The van der Waals surface area contributed by atoms with E-state index in [1.807, 2.05) is 48.5 Å². The van der Waals surface area contributed by atoms with E-state index in [-0.39, 0.29) is 36.4 Å². The first-order chi connectivity index (χ1) is 17.8. The number of carbonyl (C=O) groups excluding carboxylic acids is 4. The van der Waals surface area contributed by atoms with Crippen molar-refractivity contribution in [2.45, 2.75) is 25.8 Å². The van der Waals surface area contributed by atoms with Gasteiger partial charge in [-0.1, -0.05) is 52.8 Å². The van der Waals surface area contributed by atoms with Crippen molar-refractivity contribution >= 4 is 50.3 Å². The lowest BCUT2D eigenvalue weighted by molar-refractivity contribution is -0.145. The molecule has 7 nitrogen and oxygen atoms in total. The van der Waals surface area contributed by atoms with Crippen LogP contribution in [-0.2, 0) is 32.1 Å². The molecular weight excluding hydrogens is 536 g/mol. The van der Waals surface area contributed by atoms with Crippen LogP contribution in [0.3, 0.4) is 0 Å². The molecule has 1 unspecified atom stereocenters. The summed E-state index contributed by atoms with van der Waals surface area (Å²) in [5.74, 6) is -1.18.